The quantitative estimate of drug-likeness (QED) is 0.521. The fraction of sp³-hybridized carbons (Fsp3) is 0.214. The third kappa shape index (κ3) is 4.59. The van der Waals surface area contributed by atoms with E-state index in [4.69, 9.17) is 4.74 Å². The number of aromatic nitrogens is 2. The molecule has 12 nitrogen and oxygen atoms in total. The maximum Gasteiger partial charge on any atom is 0.374 e. The fourth-order valence-electron chi connectivity index (χ4n) is 1.96. The van der Waals surface area contributed by atoms with Gasteiger partial charge in [-0.3, -0.25) is 35.9 Å². The molecule has 2 aromatic rings. The van der Waals surface area contributed by atoms with Gasteiger partial charge in [0.1, 0.15) is 6.33 Å². The standard InChI is InChI=1S/C14H14N6O6/c1-2-26-14-12(20(24)25)13(15-8-16-14)18-17-11(21)7-9-3-5-10(6-4-9)19(22)23/h3-6,8H,2,7H2,1H3,(H,17,21)(H,15,16,18). The Morgan fingerprint density at radius 1 is 1.15 bits per heavy atom. The van der Waals surface area contributed by atoms with Gasteiger partial charge in [-0.15, -0.1) is 0 Å². The average molecular weight is 362 g/mol. The number of hydrogen-bond donors (Lipinski definition) is 2. The number of nitrogens with one attached hydrogen (secondary N) is 2. The van der Waals surface area contributed by atoms with Crippen LogP contribution in [0, 0.1) is 20.2 Å². The van der Waals surface area contributed by atoms with Crippen LogP contribution in [0.15, 0.2) is 30.6 Å². The van der Waals surface area contributed by atoms with Crippen molar-refractivity contribution < 1.29 is 19.4 Å². The highest BCUT2D eigenvalue weighted by atomic mass is 16.6. The zero-order chi connectivity index (χ0) is 19.1. The van der Waals surface area contributed by atoms with Gasteiger partial charge in [0.25, 0.3) is 11.6 Å². The Kier molecular flexibility index (Phi) is 5.92. The molecular formula is C14H14N6O6. The summed E-state index contributed by atoms with van der Waals surface area (Å²) in [6, 6.07) is 5.44. The van der Waals surface area contributed by atoms with Gasteiger partial charge in [-0.1, -0.05) is 12.1 Å². The second kappa shape index (κ2) is 8.32. The van der Waals surface area contributed by atoms with Crippen molar-refractivity contribution in [3.05, 3.63) is 56.4 Å². The van der Waals surface area contributed by atoms with Crippen molar-refractivity contribution >= 4 is 23.1 Å². The molecule has 0 bridgehead atoms. The van der Waals surface area contributed by atoms with Crippen LogP contribution < -0.4 is 15.6 Å². The molecule has 2 N–H and O–H groups in total. The van der Waals surface area contributed by atoms with Crippen molar-refractivity contribution in [3.63, 3.8) is 0 Å². The monoisotopic (exact) mass is 362 g/mol. The molecule has 0 radical (unpaired) electrons. The summed E-state index contributed by atoms with van der Waals surface area (Å²) in [6.07, 6.45) is 0.963. The normalized spacial score (nSPS) is 10.0. The number of non-ortho nitro benzene ring substituents is 1. The van der Waals surface area contributed by atoms with E-state index in [1.165, 1.54) is 24.3 Å². The van der Waals surface area contributed by atoms with Gasteiger partial charge in [0.15, 0.2) is 0 Å². The van der Waals surface area contributed by atoms with Gasteiger partial charge in [0, 0.05) is 12.1 Å². The van der Waals surface area contributed by atoms with Gasteiger partial charge in [-0.2, -0.15) is 4.98 Å². The van der Waals surface area contributed by atoms with Crippen molar-refractivity contribution in [2.24, 2.45) is 0 Å². The lowest BCUT2D eigenvalue weighted by molar-refractivity contribution is -0.385. The van der Waals surface area contributed by atoms with Gasteiger partial charge < -0.3 is 4.74 Å². The Labute approximate surface area is 146 Å². The van der Waals surface area contributed by atoms with E-state index in [0.717, 1.165) is 6.33 Å². The summed E-state index contributed by atoms with van der Waals surface area (Å²) in [7, 11) is 0. The van der Waals surface area contributed by atoms with Gasteiger partial charge in [0.05, 0.1) is 22.9 Å². The van der Waals surface area contributed by atoms with Crippen LogP contribution in [-0.2, 0) is 11.2 Å². The molecule has 136 valence electrons. The van der Waals surface area contributed by atoms with Crippen molar-refractivity contribution in [2.75, 3.05) is 12.0 Å². The van der Waals surface area contributed by atoms with E-state index in [2.05, 4.69) is 20.8 Å². The number of rotatable bonds is 8. The molecule has 0 aliphatic carbocycles. The summed E-state index contributed by atoms with van der Waals surface area (Å²) in [4.78, 5) is 39.8. The molecule has 0 saturated heterocycles. The summed E-state index contributed by atoms with van der Waals surface area (Å²) < 4.78 is 5.07. The molecule has 0 aliphatic heterocycles. The highest BCUT2D eigenvalue weighted by molar-refractivity contribution is 5.80. The van der Waals surface area contributed by atoms with Crippen LogP contribution in [0.4, 0.5) is 17.2 Å². The Hall–Kier alpha value is -3.83. The largest absolute Gasteiger partial charge is 0.473 e. The Balaban J connectivity index is 2.04. The maximum absolute atomic E-state index is 11.9. The van der Waals surface area contributed by atoms with Crippen LogP contribution in [0.5, 0.6) is 5.88 Å². The lowest BCUT2D eigenvalue weighted by Gasteiger charge is -2.09. The first kappa shape index (κ1) is 18.5. The highest BCUT2D eigenvalue weighted by Gasteiger charge is 2.24. The van der Waals surface area contributed by atoms with Crippen LogP contribution in [0.3, 0.4) is 0 Å². The number of benzene rings is 1. The SMILES string of the molecule is CCOc1ncnc(NNC(=O)Cc2ccc([N+](=O)[O-])cc2)c1[N+](=O)[O-]. The molecule has 0 unspecified atom stereocenters. The lowest BCUT2D eigenvalue weighted by Crippen LogP contribution is -2.31. The molecule has 0 aliphatic rings. The second-order valence-electron chi connectivity index (χ2n) is 4.84. The molecule has 0 atom stereocenters. The van der Waals surface area contributed by atoms with Crippen LogP contribution >= 0.6 is 0 Å². The van der Waals surface area contributed by atoms with Crippen LogP contribution in [-0.4, -0.2) is 32.3 Å². The summed E-state index contributed by atoms with van der Waals surface area (Å²) in [5, 5.41) is 21.8. The van der Waals surface area contributed by atoms with Crippen molar-refractivity contribution in [1.29, 1.82) is 0 Å². The van der Waals surface area contributed by atoms with Crippen LogP contribution in [0.2, 0.25) is 0 Å². The summed E-state index contributed by atoms with van der Waals surface area (Å²) >= 11 is 0. The summed E-state index contributed by atoms with van der Waals surface area (Å²) in [6.45, 7) is 1.81. The molecule has 1 aromatic carbocycles. The minimum Gasteiger partial charge on any atom is -0.473 e. The predicted molar refractivity (Wildman–Crippen MR) is 88.4 cm³/mol. The predicted octanol–water partition coefficient (Wildman–Crippen LogP) is 1.38. The van der Waals surface area contributed by atoms with Crippen molar-refractivity contribution in [3.8, 4) is 5.88 Å². The number of carbonyl (C=O) groups is 1. The van der Waals surface area contributed by atoms with Gasteiger partial charge in [0.2, 0.25) is 11.7 Å². The molecule has 0 saturated carbocycles. The van der Waals surface area contributed by atoms with E-state index < -0.39 is 21.4 Å². The first-order valence-electron chi connectivity index (χ1n) is 7.32. The third-order valence-electron chi connectivity index (χ3n) is 3.08. The van der Waals surface area contributed by atoms with Gasteiger partial charge >= 0.3 is 5.69 Å². The van der Waals surface area contributed by atoms with Crippen molar-refractivity contribution in [1.82, 2.24) is 15.4 Å². The molecule has 26 heavy (non-hydrogen) atoms. The smallest absolute Gasteiger partial charge is 0.374 e. The van der Waals surface area contributed by atoms with E-state index >= 15 is 0 Å². The third-order valence-corrected chi connectivity index (χ3v) is 3.08. The maximum atomic E-state index is 11.9. The number of anilines is 1. The minimum atomic E-state index is -0.726. The van der Waals surface area contributed by atoms with Gasteiger partial charge in [-0.05, 0) is 12.5 Å². The second-order valence-corrected chi connectivity index (χ2v) is 4.84. The van der Waals surface area contributed by atoms with E-state index in [0.29, 0.717) is 5.56 Å². The van der Waals surface area contributed by atoms with Crippen LogP contribution in [0.25, 0.3) is 0 Å². The van der Waals surface area contributed by atoms with Crippen molar-refractivity contribution in [2.45, 2.75) is 13.3 Å². The topological polar surface area (TPSA) is 162 Å². The Morgan fingerprint density at radius 2 is 1.85 bits per heavy atom. The van der Waals surface area contributed by atoms with E-state index in [-0.39, 0.29) is 30.4 Å². The fourth-order valence-corrected chi connectivity index (χ4v) is 1.96. The number of carbonyl (C=O) groups excluding carboxylic acids is 1. The minimum absolute atomic E-state index is 0.0904. The summed E-state index contributed by atoms with van der Waals surface area (Å²) in [5.41, 5.74) is 4.57. The highest BCUT2D eigenvalue weighted by Crippen LogP contribution is 2.30. The van der Waals surface area contributed by atoms with E-state index in [9.17, 15) is 25.0 Å². The molecule has 1 amide bonds. The average Bonchev–Trinajstić information content (AvgIpc) is 2.60. The molecule has 12 heteroatoms. The zero-order valence-electron chi connectivity index (χ0n) is 13.5. The number of ether oxygens (including phenoxy) is 1. The first-order chi connectivity index (χ1) is 12.4. The number of hydrazine groups is 1. The number of hydrogen-bond acceptors (Lipinski definition) is 9. The number of nitro benzene ring substituents is 1. The molecule has 1 aromatic heterocycles. The van der Waals surface area contributed by atoms with Gasteiger partial charge in [-0.25, -0.2) is 4.98 Å². The molecule has 2 rings (SSSR count). The Bertz CT molecular complexity index is 825. The van der Waals surface area contributed by atoms with Crippen LogP contribution in [0.1, 0.15) is 12.5 Å². The molecule has 0 fully saturated rings. The Morgan fingerprint density at radius 3 is 2.42 bits per heavy atom. The molecule has 0 spiro atoms. The zero-order valence-corrected chi connectivity index (χ0v) is 13.5. The molecule has 1 heterocycles. The number of nitrogens with zero attached hydrogens (tertiary/aromatic N) is 4. The molecular weight excluding hydrogens is 348 g/mol. The lowest BCUT2D eigenvalue weighted by atomic mass is 10.1. The summed E-state index contributed by atoms with van der Waals surface area (Å²) in [5.74, 6) is -0.977. The number of amides is 1. The number of nitro groups is 2. The van der Waals surface area contributed by atoms with E-state index in [1.54, 1.807) is 6.92 Å². The van der Waals surface area contributed by atoms with E-state index in [1.807, 2.05) is 0 Å². The first-order valence-corrected chi connectivity index (χ1v) is 7.32.